The second-order valence-electron chi connectivity index (χ2n) is 6.77. The largest absolute Gasteiger partial charge is 0.463 e. The lowest BCUT2D eigenvalue weighted by atomic mass is 10.00. The Hall–Kier alpha value is -2.85. The SMILES string of the molecule is O=C(NC1CC1)[C@@H]([NH2+][C@H](c1ccccc1)c1ccco1)c1ccccc1. The topological polar surface area (TPSA) is 58.9 Å². The van der Waals surface area contributed by atoms with Crippen LogP contribution in [0.2, 0.25) is 0 Å². The number of furan rings is 1. The lowest BCUT2D eigenvalue weighted by Crippen LogP contribution is -2.88. The van der Waals surface area contributed by atoms with Crippen LogP contribution in [0.1, 0.15) is 41.8 Å². The summed E-state index contributed by atoms with van der Waals surface area (Å²) < 4.78 is 5.70. The summed E-state index contributed by atoms with van der Waals surface area (Å²) in [6.07, 6.45) is 3.84. The molecular weight excluding hydrogens is 324 g/mol. The lowest BCUT2D eigenvalue weighted by molar-refractivity contribution is -0.715. The Morgan fingerprint density at radius 3 is 2.15 bits per heavy atom. The number of rotatable bonds is 7. The summed E-state index contributed by atoms with van der Waals surface area (Å²) in [5.74, 6) is 0.905. The van der Waals surface area contributed by atoms with Crippen molar-refractivity contribution in [2.24, 2.45) is 0 Å². The van der Waals surface area contributed by atoms with Gasteiger partial charge >= 0.3 is 0 Å². The van der Waals surface area contributed by atoms with Gasteiger partial charge in [-0.15, -0.1) is 0 Å². The molecule has 1 saturated carbocycles. The van der Waals surface area contributed by atoms with Gasteiger partial charge in [0.1, 0.15) is 0 Å². The van der Waals surface area contributed by atoms with E-state index in [1.165, 1.54) is 0 Å². The first-order chi connectivity index (χ1) is 12.8. The first-order valence-electron chi connectivity index (χ1n) is 9.10. The summed E-state index contributed by atoms with van der Waals surface area (Å²) in [7, 11) is 0. The van der Waals surface area contributed by atoms with E-state index >= 15 is 0 Å². The van der Waals surface area contributed by atoms with E-state index in [2.05, 4.69) is 22.8 Å². The number of hydrogen-bond acceptors (Lipinski definition) is 2. The van der Waals surface area contributed by atoms with Crippen LogP contribution >= 0.6 is 0 Å². The zero-order valence-electron chi connectivity index (χ0n) is 14.5. The van der Waals surface area contributed by atoms with Crippen LogP contribution in [-0.2, 0) is 4.79 Å². The van der Waals surface area contributed by atoms with Crippen LogP contribution in [0.15, 0.2) is 83.5 Å². The van der Waals surface area contributed by atoms with Gasteiger partial charge in [-0.25, -0.2) is 0 Å². The summed E-state index contributed by atoms with van der Waals surface area (Å²) in [5.41, 5.74) is 2.11. The van der Waals surface area contributed by atoms with Gasteiger partial charge in [0.15, 0.2) is 17.8 Å². The van der Waals surface area contributed by atoms with E-state index in [0.29, 0.717) is 6.04 Å². The minimum atomic E-state index is -0.327. The Morgan fingerprint density at radius 1 is 0.923 bits per heavy atom. The Labute approximate surface area is 153 Å². The first-order valence-corrected chi connectivity index (χ1v) is 9.10. The molecule has 4 rings (SSSR count). The summed E-state index contributed by atoms with van der Waals surface area (Å²) in [4.78, 5) is 13.0. The van der Waals surface area contributed by atoms with Gasteiger partial charge in [-0.2, -0.15) is 0 Å². The zero-order valence-corrected chi connectivity index (χ0v) is 14.5. The molecule has 0 saturated heterocycles. The summed E-state index contributed by atoms with van der Waals surface area (Å²) in [5, 5.41) is 5.25. The molecule has 1 aliphatic rings. The normalized spacial score (nSPS) is 16.0. The zero-order chi connectivity index (χ0) is 17.8. The molecule has 1 aromatic heterocycles. The molecule has 132 valence electrons. The molecule has 1 fully saturated rings. The third-order valence-corrected chi connectivity index (χ3v) is 4.76. The van der Waals surface area contributed by atoms with Crippen molar-refractivity contribution in [2.45, 2.75) is 31.0 Å². The number of hydrogen-bond donors (Lipinski definition) is 2. The Balaban J connectivity index is 1.66. The number of carbonyl (C=O) groups excluding carboxylic acids is 1. The van der Waals surface area contributed by atoms with Crippen molar-refractivity contribution in [1.82, 2.24) is 5.32 Å². The maximum absolute atomic E-state index is 13.0. The third kappa shape index (κ3) is 3.86. The van der Waals surface area contributed by atoms with Crippen LogP contribution in [0.5, 0.6) is 0 Å². The molecule has 0 bridgehead atoms. The molecule has 1 heterocycles. The van der Waals surface area contributed by atoms with E-state index in [1.54, 1.807) is 6.26 Å². The van der Waals surface area contributed by atoms with Crippen molar-refractivity contribution in [3.05, 3.63) is 95.9 Å². The predicted octanol–water partition coefficient (Wildman–Crippen LogP) is 2.95. The second-order valence-corrected chi connectivity index (χ2v) is 6.77. The van der Waals surface area contributed by atoms with Gasteiger partial charge in [0.25, 0.3) is 5.91 Å². The minimum Gasteiger partial charge on any atom is -0.463 e. The molecule has 0 radical (unpaired) electrons. The smallest absolute Gasteiger partial charge is 0.283 e. The minimum absolute atomic E-state index is 0.0613. The average molecular weight is 347 g/mol. The highest BCUT2D eigenvalue weighted by molar-refractivity contribution is 5.82. The molecule has 1 aliphatic carbocycles. The van der Waals surface area contributed by atoms with Crippen molar-refractivity contribution in [3.8, 4) is 0 Å². The molecule has 4 nitrogen and oxygen atoms in total. The molecule has 2 atom stereocenters. The van der Waals surface area contributed by atoms with Crippen molar-refractivity contribution in [1.29, 1.82) is 0 Å². The maximum Gasteiger partial charge on any atom is 0.283 e. The molecular formula is C22H23N2O2+. The Bertz CT molecular complexity index is 827. The Morgan fingerprint density at radius 2 is 1.58 bits per heavy atom. The van der Waals surface area contributed by atoms with Crippen molar-refractivity contribution < 1.29 is 14.5 Å². The number of carbonyl (C=O) groups is 1. The fourth-order valence-electron chi connectivity index (χ4n) is 3.22. The second kappa shape index (κ2) is 7.58. The van der Waals surface area contributed by atoms with Gasteiger partial charge in [0, 0.05) is 17.2 Å². The van der Waals surface area contributed by atoms with E-state index in [9.17, 15) is 4.79 Å². The molecule has 26 heavy (non-hydrogen) atoms. The monoisotopic (exact) mass is 347 g/mol. The lowest BCUT2D eigenvalue weighted by Gasteiger charge is -2.21. The molecule has 3 aromatic rings. The molecule has 0 spiro atoms. The number of benzene rings is 2. The van der Waals surface area contributed by atoms with Gasteiger partial charge in [-0.05, 0) is 25.0 Å². The Kier molecular flexibility index (Phi) is 4.84. The van der Waals surface area contributed by atoms with E-state index < -0.39 is 0 Å². The highest BCUT2D eigenvalue weighted by atomic mass is 16.3. The average Bonchev–Trinajstić information content (AvgIpc) is 3.33. The van der Waals surface area contributed by atoms with Crippen LogP contribution in [-0.4, -0.2) is 11.9 Å². The highest BCUT2D eigenvalue weighted by Gasteiger charge is 2.34. The van der Waals surface area contributed by atoms with Crippen molar-refractivity contribution in [3.63, 3.8) is 0 Å². The summed E-state index contributed by atoms with van der Waals surface area (Å²) in [6.45, 7) is 0. The van der Waals surface area contributed by atoms with Crippen LogP contribution < -0.4 is 10.6 Å². The molecule has 1 amide bonds. The molecule has 3 N–H and O–H groups in total. The third-order valence-electron chi connectivity index (χ3n) is 4.76. The van der Waals surface area contributed by atoms with E-state index in [0.717, 1.165) is 29.7 Å². The quantitative estimate of drug-likeness (QED) is 0.690. The predicted molar refractivity (Wildman–Crippen MR) is 99.3 cm³/mol. The first kappa shape index (κ1) is 16.6. The fraction of sp³-hybridized carbons (Fsp3) is 0.227. The molecule has 0 unspecified atom stereocenters. The van der Waals surface area contributed by atoms with E-state index in [-0.39, 0.29) is 18.0 Å². The van der Waals surface area contributed by atoms with Crippen molar-refractivity contribution >= 4 is 5.91 Å². The number of amides is 1. The summed E-state index contributed by atoms with van der Waals surface area (Å²) >= 11 is 0. The number of quaternary nitrogens is 1. The fourth-order valence-corrected chi connectivity index (χ4v) is 3.22. The highest BCUT2D eigenvalue weighted by Crippen LogP contribution is 2.23. The molecule has 0 aliphatic heterocycles. The maximum atomic E-state index is 13.0. The molecule has 4 heteroatoms. The van der Waals surface area contributed by atoms with Crippen LogP contribution in [0, 0.1) is 0 Å². The van der Waals surface area contributed by atoms with Gasteiger partial charge in [0.05, 0.1) is 6.26 Å². The van der Waals surface area contributed by atoms with Crippen molar-refractivity contribution in [2.75, 3.05) is 0 Å². The van der Waals surface area contributed by atoms with Gasteiger partial charge in [-0.3, -0.25) is 4.79 Å². The van der Waals surface area contributed by atoms with Gasteiger partial charge in [0.2, 0.25) is 0 Å². The van der Waals surface area contributed by atoms with Crippen LogP contribution in [0.3, 0.4) is 0 Å². The van der Waals surface area contributed by atoms with Gasteiger partial charge < -0.3 is 15.1 Å². The number of nitrogens with two attached hydrogens (primary N) is 1. The van der Waals surface area contributed by atoms with Crippen LogP contribution in [0.4, 0.5) is 0 Å². The standard InChI is InChI=1S/C22H22N2O2/c25-22(23-18-13-14-18)21(17-10-5-2-6-11-17)24-20(19-12-7-15-26-19)16-8-3-1-4-9-16/h1-12,15,18,20-21,24H,13-14H2,(H,23,25)/p+1/t20-,21+/m1/s1. The van der Waals surface area contributed by atoms with Crippen LogP contribution in [0.25, 0.3) is 0 Å². The number of nitrogens with one attached hydrogen (secondary N) is 1. The van der Waals surface area contributed by atoms with E-state index in [1.807, 2.05) is 60.7 Å². The summed E-state index contributed by atoms with van der Waals surface area (Å²) in [6, 6.07) is 23.9. The van der Waals surface area contributed by atoms with E-state index in [4.69, 9.17) is 4.42 Å². The molecule has 2 aromatic carbocycles. The van der Waals surface area contributed by atoms with Gasteiger partial charge in [-0.1, -0.05) is 60.7 Å².